The standard InChI is InChI=1S/C31H34O18P2/c1-36-26(32)21-22(27(33)37-2)46-50(45-21)44-20-19-18(15-40-30(43-19)16-11-7-5-8-12-16)42-31(41-17-13-9-6-10-14-17)25(20)49-51-47-23(28(34)38-3)24(48-51)29(35)39-4/h5-14,18-25,30-31H,15H2,1-4H3/t18-,19-,20+,21-,22-,23-,24-,25-,30?,31-/m1/s1. The topological polar surface area (TPSA) is 197 Å². The van der Waals surface area contributed by atoms with Crippen LogP contribution in [0.15, 0.2) is 60.7 Å². The molecule has 20 heteroatoms. The molecular weight excluding hydrogens is 722 g/mol. The Bertz CT molecular complexity index is 1470. The predicted octanol–water partition coefficient (Wildman–Crippen LogP) is 2.39. The van der Waals surface area contributed by atoms with Gasteiger partial charge in [-0.1, -0.05) is 48.5 Å². The Labute approximate surface area is 293 Å². The molecule has 6 rings (SSSR count). The van der Waals surface area contributed by atoms with Gasteiger partial charge in [0.2, 0.25) is 30.7 Å². The van der Waals surface area contributed by atoms with E-state index in [0.717, 1.165) is 28.4 Å². The van der Waals surface area contributed by atoms with Gasteiger partial charge in [0.1, 0.15) is 24.1 Å². The first-order valence-electron chi connectivity index (χ1n) is 15.4. The molecule has 0 N–H and O–H groups in total. The molecular formula is C31H34O18P2. The summed E-state index contributed by atoms with van der Waals surface area (Å²) in [5.74, 6) is -3.29. The van der Waals surface area contributed by atoms with Gasteiger partial charge in [0.15, 0.2) is 12.4 Å². The van der Waals surface area contributed by atoms with Crippen molar-refractivity contribution in [2.24, 2.45) is 0 Å². The summed E-state index contributed by atoms with van der Waals surface area (Å²) in [6.07, 6.45) is -12.8. The fourth-order valence-electron chi connectivity index (χ4n) is 5.36. The Morgan fingerprint density at radius 1 is 0.608 bits per heavy atom. The molecule has 10 atom stereocenters. The molecule has 0 spiro atoms. The second-order valence-electron chi connectivity index (χ2n) is 10.9. The van der Waals surface area contributed by atoms with Crippen molar-refractivity contribution in [3.63, 3.8) is 0 Å². The minimum Gasteiger partial charge on any atom is -0.467 e. The zero-order chi connectivity index (χ0) is 36.1. The van der Waals surface area contributed by atoms with Crippen LogP contribution in [0, 0.1) is 0 Å². The number of carbonyl (C=O) groups is 4. The number of benzene rings is 2. The van der Waals surface area contributed by atoms with Crippen LogP contribution in [0.4, 0.5) is 0 Å². The zero-order valence-corrected chi connectivity index (χ0v) is 29.3. The summed E-state index contributed by atoms with van der Waals surface area (Å²) in [7, 11) is -0.606. The van der Waals surface area contributed by atoms with Crippen LogP contribution in [-0.4, -0.2) is 114 Å². The van der Waals surface area contributed by atoms with Crippen molar-refractivity contribution in [2.45, 2.75) is 61.4 Å². The Hall–Kier alpha value is -3.38. The number of rotatable bonds is 11. The molecule has 18 nitrogen and oxygen atoms in total. The van der Waals surface area contributed by atoms with Crippen LogP contribution < -0.4 is 4.74 Å². The summed E-state index contributed by atoms with van der Waals surface area (Å²) in [4.78, 5) is 50.3. The molecule has 4 heterocycles. The van der Waals surface area contributed by atoms with Crippen LogP contribution in [0.1, 0.15) is 11.9 Å². The van der Waals surface area contributed by atoms with Gasteiger partial charge in [0.05, 0.1) is 35.0 Å². The number of para-hydroxylation sites is 1. The van der Waals surface area contributed by atoms with Crippen LogP contribution >= 0.6 is 17.2 Å². The number of hydrogen-bond donors (Lipinski definition) is 0. The van der Waals surface area contributed by atoms with Crippen molar-refractivity contribution in [3.8, 4) is 5.75 Å². The van der Waals surface area contributed by atoms with Gasteiger partial charge < -0.3 is 42.4 Å². The summed E-state index contributed by atoms with van der Waals surface area (Å²) in [6.45, 7) is -0.00272. The van der Waals surface area contributed by atoms with Crippen molar-refractivity contribution in [3.05, 3.63) is 66.2 Å². The normalized spacial score (nSPS) is 32.4. The largest absolute Gasteiger partial charge is 0.467 e. The number of hydrogen-bond acceptors (Lipinski definition) is 18. The van der Waals surface area contributed by atoms with Gasteiger partial charge in [-0.15, -0.1) is 0 Å². The number of carbonyl (C=O) groups excluding carboxylic acids is 4. The SMILES string of the molecule is COC(=O)[C@@H]1OP(O[C@@H]2[C@@H](OP3O[C@@H](C(=O)OC)[C@H](C(=O)OC)O3)[C@H](Oc3ccccc3)O[C@@H]3COC(c4ccccc4)O[C@@H]23)O[C@H]1C(=O)OC. The lowest BCUT2D eigenvalue weighted by atomic mass is 9.98. The van der Waals surface area contributed by atoms with E-state index in [0.29, 0.717) is 11.3 Å². The highest BCUT2D eigenvalue weighted by atomic mass is 31.2. The van der Waals surface area contributed by atoms with Gasteiger partial charge in [-0.05, 0) is 12.1 Å². The lowest BCUT2D eigenvalue weighted by molar-refractivity contribution is -0.344. The van der Waals surface area contributed by atoms with Crippen LogP contribution in [0.5, 0.6) is 5.75 Å². The van der Waals surface area contributed by atoms with E-state index in [-0.39, 0.29) is 6.61 Å². The second-order valence-corrected chi connectivity index (χ2v) is 13.1. The molecule has 0 aromatic heterocycles. The lowest BCUT2D eigenvalue weighted by Crippen LogP contribution is -2.63. The van der Waals surface area contributed by atoms with E-state index in [1.807, 2.05) is 18.2 Å². The van der Waals surface area contributed by atoms with Crippen LogP contribution in [-0.2, 0) is 79.5 Å². The minimum atomic E-state index is -2.54. The molecule has 0 radical (unpaired) electrons. The Kier molecular flexibility index (Phi) is 12.4. The summed E-state index contributed by atoms with van der Waals surface area (Å²) < 4.78 is 80.0. The number of fused-ring (bicyclic) bond motifs is 1. The molecule has 2 aromatic rings. The van der Waals surface area contributed by atoms with Gasteiger partial charge in [0, 0.05) is 5.56 Å². The minimum absolute atomic E-state index is 0.00272. The molecule has 276 valence electrons. The zero-order valence-electron chi connectivity index (χ0n) is 27.5. The predicted molar refractivity (Wildman–Crippen MR) is 167 cm³/mol. The van der Waals surface area contributed by atoms with Crippen LogP contribution in [0.2, 0.25) is 0 Å². The molecule has 4 fully saturated rings. The molecule has 51 heavy (non-hydrogen) atoms. The van der Waals surface area contributed by atoms with Crippen molar-refractivity contribution in [2.75, 3.05) is 35.0 Å². The third-order valence-electron chi connectivity index (χ3n) is 7.85. The number of methoxy groups -OCH3 is 4. The molecule has 2 aromatic carbocycles. The van der Waals surface area contributed by atoms with E-state index >= 15 is 0 Å². The maximum Gasteiger partial charge on any atom is 0.338 e. The summed E-state index contributed by atoms with van der Waals surface area (Å²) >= 11 is 0. The monoisotopic (exact) mass is 756 g/mol. The van der Waals surface area contributed by atoms with Gasteiger partial charge in [-0.3, -0.25) is 22.6 Å². The molecule has 4 aliphatic heterocycles. The van der Waals surface area contributed by atoms with E-state index < -0.39 is 102 Å². The van der Waals surface area contributed by atoms with Gasteiger partial charge in [-0.25, -0.2) is 19.2 Å². The van der Waals surface area contributed by atoms with Gasteiger partial charge in [0.25, 0.3) is 0 Å². The van der Waals surface area contributed by atoms with Crippen LogP contribution in [0.25, 0.3) is 0 Å². The number of esters is 4. The van der Waals surface area contributed by atoms with Crippen LogP contribution in [0.3, 0.4) is 0 Å². The second kappa shape index (κ2) is 17.0. The molecule has 0 aliphatic carbocycles. The van der Waals surface area contributed by atoms with Crippen molar-refractivity contribution >= 4 is 41.1 Å². The first kappa shape index (κ1) is 37.4. The third-order valence-corrected chi connectivity index (χ3v) is 10.3. The quantitative estimate of drug-likeness (QED) is 0.184. The summed E-state index contributed by atoms with van der Waals surface area (Å²) in [6, 6.07) is 17.7. The van der Waals surface area contributed by atoms with E-state index in [9.17, 15) is 19.2 Å². The third kappa shape index (κ3) is 8.32. The van der Waals surface area contributed by atoms with E-state index in [2.05, 4.69) is 0 Å². The Balaban J connectivity index is 1.35. The highest BCUT2D eigenvalue weighted by molar-refractivity contribution is 7.42. The lowest BCUT2D eigenvalue weighted by Gasteiger charge is -2.48. The molecule has 1 unspecified atom stereocenters. The molecule has 4 saturated heterocycles. The maximum atomic E-state index is 12.6. The molecule has 0 bridgehead atoms. The summed E-state index contributed by atoms with van der Waals surface area (Å²) in [5, 5.41) is 0. The fourth-order valence-corrected chi connectivity index (χ4v) is 8.04. The molecule has 0 amide bonds. The Morgan fingerprint density at radius 3 is 1.53 bits per heavy atom. The van der Waals surface area contributed by atoms with Crippen molar-refractivity contribution in [1.82, 2.24) is 0 Å². The molecule has 4 aliphatic rings. The van der Waals surface area contributed by atoms with E-state index in [1.54, 1.807) is 42.5 Å². The number of ether oxygens (including phenoxy) is 8. The van der Waals surface area contributed by atoms with Crippen molar-refractivity contribution in [1.29, 1.82) is 0 Å². The average Bonchev–Trinajstić information content (AvgIpc) is 3.80. The highest BCUT2D eigenvalue weighted by Gasteiger charge is 2.59. The van der Waals surface area contributed by atoms with Gasteiger partial charge >= 0.3 is 41.1 Å². The highest BCUT2D eigenvalue weighted by Crippen LogP contribution is 2.56. The average molecular weight is 757 g/mol. The first-order valence-corrected chi connectivity index (χ1v) is 17.5. The maximum absolute atomic E-state index is 12.6. The Morgan fingerprint density at radius 2 is 1.06 bits per heavy atom. The van der Waals surface area contributed by atoms with Gasteiger partial charge in [-0.2, -0.15) is 0 Å². The molecule has 0 saturated carbocycles. The van der Waals surface area contributed by atoms with E-state index in [4.69, 9.17) is 65.0 Å². The van der Waals surface area contributed by atoms with Crippen molar-refractivity contribution < 1.29 is 84.2 Å². The first-order chi connectivity index (χ1) is 24.7. The smallest absolute Gasteiger partial charge is 0.338 e. The fraction of sp³-hybridized carbons (Fsp3) is 0.484. The summed E-state index contributed by atoms with van der Waals surface area (Å²) in [5.41, 5.74) is 0.680. The van der Waals surface area contributed by atoms with E-state index in [1.165, 1.54) is 0 Å².